The molecule has 0 spiro atoms. The molecular weight excluding hydrogens is 672 g/mol. The number of esters is 5. The van der Waals surface area contributed by atoms with Crippen molar-refractivity contribution >= 4 is 40.7 Å². The summed E-state index contributed by atoms with van der Waals surface area (Å²) in [6.45, 7) is 6.77. The summed E-state index contributed by atoms with van der Waals surface area (Å²) in [7, 11) is 1.09. The minimum atomic E-state index is -1.97. The second-order valence-electron chi connectivity index (χ2n) is 12.3. The quantitative estimate of drug-likeness (QED) is 0.204. The highest BCUT2D eigenvalue weighted by molar-refractivity contribution is 5.90. The van der Waals surface area contributed by atoms with Crippen molar-refractivity contribution in [3.63, 3.8) is 0 Å². The number of aromatic nitrogens is 2. The number of nitrogens with zero attached hydrogens (tertiary/aromatic N) is 2. The van der Waals surface area contributed by atoms with Crippen molar-refractivity contribution in [2.45, 2.75) is 96.9 Å². The molecule has 3 aliphatic rings. The summed E-state index contributed by atoms with van der Waals surface area (Å²) < 4.78 is 39.9. The third-order valence-electron chi connectivity index (χ3n) is 9.22. The van der Waals surface area contributed by atoms with Gasteiger partial charge < -0.3 is 42.8 Å². The highest BCUT2D eigenvalue weighted by Crippen LogP contribution is 2.41. The number of ether oxygens (including phenoxy) is 7. The first-order chi connectivity index (χ1) is 24.2. The molecule has 0 unspecified atom stereocenters. The Morgan fingerprint density at radius 3 is 2.25 bits per heavy atom. The number of pyridine rings is 2. The summed E-state index contributed by atoms with van der Waals surface area (Å²) in [5.74, 6) is -4.05. The number of rotatable bonds is 8. The molecule has 16 nitrogen and oxygen atoms in total. The third kappa shape index (κ3) is 6.07. The van der Waals surface area contributed by atoms with Gasteiger partial charge in [-0.05, 0) is 42.7 Å². The van der Waals surface area contributed by atoms with Crippen molar-refractivity contribution in [1.82, 2.24) is 9.55 Å². The van der Waals surface area contributed by atoms with Gasteiger partial charge in [-0.2, -0.15) is 0 Å². The lowest BCUT2D eigenvalue weighted by molar-refractivity contribution is -0.282. The molecule has 2 aromatic heterocycles. The molecule has 0 bridgehead atoms. The molecule has 1 fully saturated rings. The Bertz CT molecular complexity index is 2040. The van der Waals surface area contributed by atoms with Crippen LogP contribution in [-0.4, -0.2) is 82.3 Å². The molecule has 3 aliphatic heterocycles. The number of carbonyl (C=O) groups excluding carboxylic acids is 5. The van der Waals surface area contributed by atoms with Crippen molar-refractivity contribution in [2.75, 3.05) is 7.11 Å². The molecule has 6 rings (SSSR count). The van der Waals surface area contributed by atoms with Gasteiger partial charge in [0.25, 0.3) is 5.56 Å². The van der Waals surface area contributed by atoms with Crippen LogP contribution < -0.4 is 10.3 Å². The maximum atomic E-state index is 13.7. The Hall–Kier alpha value is -5.35. The second-order valence-corrected chi connectivity index (χ2v) is 12.3. The van der Waals surface area contributed by atoms with E-state index in [2.05, 4.69) is 0 Å². The molecule has 16 heteroatoms. The van der Waals surface area contributed by atoms with E-state index in [0.29, 0.717) is 28.7 Å². The molecule has 3 aromatic rings. The molecular formula is C35H36N2O14. The van der Waals surface area contributed by atoms with E-state index in [4.69, 9.17) is 38.1 Å². The summed E-state index contributed by atoms with van der Waals surface area (Å²) in [5, 5.41) is 11.9. The number of hydrogen-bond acceptors (Lipinski definition) is 15. The summed E-state index contributed by atoms with van der Waals surface area (Å²) in [5.41, 5.74) is 1.16. The third-order valence-corrected chi connectivity index (χ3v) is 9.22. The van der Waals surface area contributed by atoms with Crippen molar-refractivity contribution in [2.24, 2.45) is 0 Å². The molecule has 0 saturated carbocycles. The lowest BCUT2D eigenvalue weighted by Crippen LogP contribution is -2.64. The topological polar surface area (TPSA) is 205 Å². The van der Waals surface area contributed by atoms with Gasteiger partial charge >= 0.3 is 29.8 Å². The van der Waals surface area contributed by atoms with Crippen LogP contribution in [0.4, 0.5) is 0 Å². The Morgan fingerprint density at radius 1 is 0.961 bits per heavy atom. The summed E-state index contributed by atoms with van der Waals surface area (Å²) in [6.07, 6.45) is -7.25. The normalized spacial score (nSPS) is 24.8. The van der Waals surface area contributed by atoms with Crippen LogP contribution in [0.15, 0.2) is 29.1 Å². The number of cyclic esters (lactones) is 1. The number of benzene rings is 1. The number of hydrogen-bond donors (Lipinski definition) is 1. The molecule has 6 atom stereocenters. The van der Waals surface area contributed by atoms with Crippen LogP contribution in [0.5, 0.6) is 5.75 Å². The summed E-state index contributed by atoms with van der Waals surface area (Å²) in [4.78, 5) is 80.4. The van der Waals surface area contributed by atoms with Gasteiger partial charge in [-0.1, -0.05) is 13.8 Å². The first-order valence-electron chi connectivity index (χ1n) is 16.3. The smallest absolute Gasteiger partial charge is 0.343 e. The van der Waals surface area contributed by atoms with Crippen molar-refractivity contribution < 1.29 is 62.2 Å². The van der Waals surface area contributed by atoms with Gasteiger partial charge in [0, 0.05) is 37.3 Å². The summed E-state index contributed by atoms with van der Waals surface area (Å²) in [6, 6.07) is 6.52. The molecule has 5 heterocycles. The van der Waals surface area contributed by atoms with Gasteiger partial charge in [0.1, 0.15) is 12.4 Å². The Labute approximate surface area is 290 Å². The van der Waals surface area contributed by atoms with Crippen molar-refractivity contribution in [3.05, 3.63) is 56.9 Å². The predicted octanol–water partition coefficient (Wildman–Crippen LogP) is 1.71. The van der Waals surface area contributed by atoms with Crippen LogP contribution in [0.2, 0.25) is 0 Å². The van der Waals surface area contributed by atoms with E-state index in [1.807, 2.05) is 6.92 Å². The molecule has 1 aromatic carbocycles. The zero-order chi connectivity index (χ0) is 36.9. The fraction of sp³-hybridized carbons (Fsp3) is 0.457. The van der Waals surface area contributed by atoms with Gasteiger partial charge in [0.15, 0.2) is 23.9 Å². The van der Waals surface area contributed by atoms with E-state index in [1.165, 1.54) is 0 Å². The SMILES string of the molecule is CCc1c2c(nc3ccc(O[C@@H]4O[C@H](C(=O)OC)[C@@H](OC(C)=O)[C@H](OC(C)=O)[C@H]4OC(C)=O)cc13)-c1cc3c(c(=O)n1C2)COC(=O)[C@]3(O)CC. The zero-order valence-corrected chi connectivity index (χ0v) is 28.7. The number of aliphatic hydroxyl groups is 1. The highest BCUT2D eigenvalue weighted by Gasteiger charge is 2.56. The Balaban J connectivity index is 1.42. The fourth-order valence-electron chi connectivity index (χ4n) is 6.93. The van der Waals surface area contributed by atoms with E-state index in [1.54, 1.807) is 35.8 Å². The minimum Gasteiger partial charge on any atom is -0.467 e. The standard InChI is InChI=1S/C35H36N2O14/c1-7-19-20-11-18(50-33-30(49-17(5)40)28(48-16(4)39)27(47-15(3)38)29(51-33)32(42)45-6)9-10-24(20)36-26-21(19)13-37-25(26)12-23-22(31(37)41)14-46-34(43)35(23,44)8-2/h9-12,27-30,33,44H,7-8,13-14H2,1-6H3/t27-,28-,29-,30+,33+,35-/m0/s1. The van der Waals surface area contributed by atoms with Gasteiger partial charge in [0.05, 0.1) is 36.1 Å². The lowest BCUT2D eigenvalue weighted by atomic mass is 9.86. The average molecular weight is 709 g/mol. The van der Waals surface area contributed by atoms with Crippen LogP contribution in [0, 0.1) is 0 Å². The van der Waals surface area contributed by atoms with E-state index in [-0.39, 0.29) is 36.4 Å². The van der Waals surface area contributed by atoms with Crippen LogP contribution in [0.3, 0.4) is 0 Å². The zero-order valence-electron chi connectivity index (χ0n) is 28.7. The van der Waals surface area contributed by atoms with Crippen molar-refractivity contribution in [3.8, 4) is 17.1 Å². The first kappa shape index (κ1) is 35.5. The molecule has 0 radical (unpaired) electrons. The van der Waals surface area contributed by atoms with Gasteiger partial charge in [-0.15, -0.1) is 0 Å². The Kier molecular flexibility index (Phi) is 9.33. The average Bonchev–Trinajstić information content (AvgIpc) is 3.45. The molecule has 1 N–H and O–H groups in total. The summed E-state index contributed by atoms with van der Waals surface area (Å²) >= 11 is 0. The van der Waals surface area contributed by atoms with Crippen LogP contribution >= 0.6 is 0 Å². The number of aryl methyl sites for hydroxylation is 1. The molecule has 0 aliphatic carbocycles. The predicted molar refractivity (Wildman–Crippen MR) is 172 cm³/mol. The number of fused-ring (bicyclic) bond motifs is 5. The van der Waals surface area contributed by atoms with E-state index in [9.17, 15) is 33.9 Å². The second kappa shape index (κ2) is 13.4. The monoisotopic (exact) mass is 708 g/mol. The highest BCUT2D eigenvalue weighted by atomic mass is 16.7. The molecule has 270 valence electrons. The van der Waals surface area contributed by atoms with E-state index in [0.717, 1.165) is 39.0 Å². The maximum absolute atomic E-state index is 13.7. The minimum absolute atomic E-state index is 0.0121. The van der Waals surface area contributed by atoms with E-state index >= 15 is 0 Å². The lowest BCUT2D eigenvalue weighted by Gasteiger charge is -2.43. The first-order valence-corrected chi connectivity index (χ1v) is 16.3. The number of carbonyl (C=O) groups is 5. The van der Waals surface area contributed by atoms with Crippen LogP contribution in [-0.2, 0) is 77.6 Å². The van der Waals surface area contributed by atoms with Gasteiger partial charge in [-0.3, -0.25) is 19.2 Å². The molecule has 0 amide bonds. The fourth-order valence-corrected chi connectivity index (χ4v) is 6.93. The van der Waals surface area contributed by atoms with Crippen LogP contribution in [0.25, 0.3) is 22.3 Å². The molecule has 1 saturated heterocycles. The van der Waals surface area contributed by atoms with Gasteiger partial charge in [0.2, 0.25) is 12.4 Å². The Morgan fingerprint density at radius 2 is 1.63 bits per heavy atom. The number of methoxy groups -OCH3 is 1. The van der Waals surface area contributed by atoms with Crippen LogP contribution in [0.1, 0.15) is 63.3 Å². The van der Waals surface area contributed by atoms with Crippen molar-refractivity contribution in [1.29, 1.82) is 0 Å². The van der Waals surface area contributed by atoms with E-state index < -0.39 is 71.7 Å². The maximum Gasteiger partial charge on any atom is 0.343 e. The molecule has 51 heavy (non-hydrogen) atoms. The van der Waals surface area contributed by atoms with Gasteiger partial charge in [-0.25, -0.2) is 14.6 Å². The largest absolute Gasteiger partial charge is 0.467 e.